The summed E-state index contributed by atoms with van der Waals surface area (Å²) in [5.41, 5.74) is 15.0. The van der Waals surface area contributed by atoms with Gasteiger partial charge in [-0.3, -0.25) is 9.97 Å². The van der Waals surface area contributed by atoms with Gasteiger partial charge in [0, 0.05) is 74.9 Å². The predicted octanol–water partition coefficient (Wildman–Crippen LogP) is 9.92. The monoisotopic (exact) mass is 875 g/mol. The van der Waals surface area contributed by atoms with E-state index in [0.29, 0.717) is 17.1 Å². The van der Waals surface area contributed by atoms with Crippen molar-refractivity contribution in [3.8, 4) is 23.0 Å². The van der Waals surface area contributed by atoms with E-state index < -0.39 is 23.5 Å². The maximum atomic E-state index is 11.0. The van der Waals surface area contributed by atoms with Gasteiger partial charge in [-0.1, -0.05) is 19.6 Å². The van der Waals surface area contributed by atoms with Crippen LogP contribution < -0.4 is 36.1 Å². The molecule has 4 heterocycles. The Labute approximate surface area is 375 Å². The highest BCUT2D eigenvalue weighted by Gasteiger charge is 2.24. The first-order chi connectivity index (χ1) is 30.0. The van der Waals surface area contributed by atoms with E-state index in [-0.39, 0.29) is 7.43 Å². The molecular formula is C48H61N9O7. The average molecular weight is 876 g/mol. The van der Waals surface area contributed by atoms with Crippen molar-refractivity contribution in [2.24, 2.45) is 0 Å². The molecule has 2 saturated heterocycles. The number of aromatic nitrogens is 4. The van der Waals surface area contributed by atoms with Crippen molar-refractivity contribution in [1.82, 2.24) is 25.3 Å². The molecule has 0 bridgehead atoms. The number of nitrogens with two attached hydrogens (primary N) is 2. The molecule has 2 aromatic heterocycles. The number of piperidine rings is 1. The van der Waals surface area contributed by atoms with E-state index in [1.165, 1.54) is 19.3 Å². The highest BCUT2D eigenvalue weighted by atomic mass is 16.8. The molecule has 0 aliphatic carbocycles. The van der Waals surface area contributed by atoms with Crippen molar-refractivity contribution in [1.29, 1.82) is 0 Å². The number of hydrogen-bond acceptors (Lipinski definition) is 16. The molecule has 0 amide bonds. The minimum Gasteiger partial charge on any atom is -0.457 e. The SMILES string of the molecule is C.CC(C)(C)OC(=O)OC(=O)OC(C)(C)C.Nc1cccc(Oc2ccc3ncc(N4CCCCC4)nc3c2)c1.Nc1cccc(Oc2ccc3ncc(N4CCNCC4)nc3c2)c1. The second kappa shape index (κ2) is 21.9. The van der Waals surface area contributed by atoms with Crippen molar-refractivity contribution in [2.75, 3.05) is 60.5 Å². The summed E-state index contributed by atoms with van der Waals surface area (Å²) in [7, 11) is 0. The molecule has 64 heavy (non-hydrogen) atoms. The Kier molecular flexibility index (Phi) is 16.5. The molecule has 0 atom stereocenters. The van der Waals surface area contributed by atoms with Crippen LogP contribution in [0.5, 0.6) is 23.0 Å². The lowest BCUT2D eigenvalue weighted by molar-refractivity contribution is -0.0293. The first-order valence-corrected chi connectivity index (χ1v) is 21.0. The summed E-state index contributed by atoms with van der Waals surface area (Å²) in [5, 5.41) is 3.34. The quantitative estimate of drug-likeness (QED) is 0.0809. The van der Waals surface area contributed by atoms with Crippen LogP contribution in [-0.2, 0) is 14.2 Å². The van der Waals surface area contributed by atoms with E-state index in [1.807, 2.05) is 85.2 Å². The van der Waals surface area contributed by atoms with Crippen LogP contribution in [0.3, 0.4) is 0 Å². The topological polar surface area (TPSA) is 202 Å². The fourth-order valence-corrected chi connectivity index (χ4v) is 6.45. The molecule has 8 rings (SSSR count). The lowest BCUT2D eigenvalue weighted by Crippen LogP contribution is -2.43. The summed E-state index contributed by atoms with van der Waals surface area (Å²) >= 11 is 0. The number of piperazine rings is 1. The molecule has 2 aliphatic rings. The standard InChI is InChI=1S/C19H20N4O.C18H19N5O.C10H18O5.CH4/c20-14-5-4-6-15(11-14)24-16-7-8-17-18(12-16)22-19(13-21-17)23-9-2-1-3-10-23;19-13-2-1-3-14(10-13)24-15-4-5-16-17(11-15)22-18(12-21-16)23-8-6-20-7-9-23;1-9(2,3)14-7(11)13-8(12)15-10(4,5)6;/h4-8,11-13H,1-3,9-10,20H2;1-5,10-12,20H,6-9,19H2;1-6H3;1H4. The molecule has 6 aromatic rings. The molecule has 0 saturated carbocycles. The largest absolute Gasteiger partial charge is 0.519 e. The van der Waals surface area contributed by atoms with Gasteiger partial charge < -0.3 is 50.3 Å². The summed E-state index contributed by atoms with van der Waals surface area (Å²) in [6.07, 6.45) is 5.33. The fraction of sp³-hybridized carbons (Fsp3) is 0.375. The minimum atomic E-state index is -1.06. The molecule has 2 aliphatic heterocycles. The van der Waals surface area contributed by atoms with E-state index in [4.69, 9.17) is 40.4 Å². The molecule has 0 spiro atoms. The number of rotatable bonds is 6. The van der Waals surface area contributed by atoms with E-state index >= 15 is 0 Å². The van der Waals surface area contributed by atoms with Gasteiger partial charge in [0.1, 0.15) is 45.8 Å². The second-order valence-corrected chi connectivity index (χ2v) is 16.9. The van der Waals surface area contributed by atoms with E-state index in [0.717, 1.165) is 90.2 Å². The molecule has 5 N–H and O–H groups in total. The maximum Gasteiger partial charge on any atom is 0.519 e. The Balaban J connectivity index is 0.000000185. The number of carbonyl (C=O) groups excluding carboxylic acids is 2. The van der Waals surface area contributed by atoms with Gasteiger partial charge >= 0.3 is 12.3 Å². The van der Waals surface area contributed by atoms with Crippen LogP contribution in [0.15, 0.2) is 97.3 Å². The zero-order valence-corrected chi connectivity index (χ0v) is 36.8. The lowest BCUT2D eigenvalue weighted by atomic mass is 10.1. The van der Waals surface area contributed by atoms with Crippen LogP contribution in [0.4, 0.5) is 32.6 Å². The summed E-state index contributed by atoms with van der Waals surface area (Å²) in [6, 6.07) is 26.3. The van der Waals surface area contributed by atoms with E-state index in [1.54, 1.807) is 53.7 Å². The second-order valence-electron chi connectivity index (χ2n) is 16.9. The maximum absolute atomic E-state index is 11.0. The minimum absolute atomic E-state index is 0. The Morgan fingerprint density at radius 2 is 0.984 bits per heavy atom. The van der Waals surface area contributed by atoms with Crippen LogP contribution in [0.25, 0.3) is 22.1 Å². The normalized spacial score (nSPS) is 13.8. The van der Waals surface area contributed by atoms with Gasteiger partial charge in [0.15, 0.2) is 0 Å². The smallest absolute Gasteiger partial charge is 0.457 e. The lowest BCUT2D eigenvalue weighted by Gasteiger charge is -2.28. The summed E-state index contributed by atoms with van der Waals surface area (Å²) in [5.74, 6) is 4.74. The molecule has 340 valence electrons. The van der Waals surface area contributed by atoms with Crippen molar-refractivity contribution in [2.45, 2.75) is 79.4 Å². The number of carbonyl (C=O) groups is 2. The van der Waals surface area contributed by atoms with E-state index in [9.17, 15) is 9.59 Å². The van der Waals surface area contributed by atoms with Crippen LogP contribution in [-0.4, -0.2) is 82.7 Å². The number of ether oxygens (including phenoxy) is 5. The summed E-state index contributed by atoms with van der Waals surface area (Å²) in [6.45, 7) is 16.0. The van der Waals surface area contributed by atoms with Gasteiger partial charge in [0.05, 0.1) is 34.5 Å². The summed E-state index contributed by atoms with van der Waals surface area (Å²) < 4.78 is 25.6. The number of anilines is 4. The Morgan fingerprint density at radius 1 is 0.562 bits per heavy atom. The van der Waals surface area contributed by atoms with Crippen LogP contribution >= 0.6 is 0 Å². The third kappa shape index (κ3) is 15.1. The van der Waals surface area contributed by atoms with Crippen LogP contribution in [0.1, 0.15) is 68.2 Å². The molecular weight excluding hydrogens is 815 g/mol. The van der Waals surface area contributed by atoms with Gasteiger partial charge in [0.2, 0.25) is 0 Å². The predicted molar refractivity (Wildman–Crippen MR) is 252 cm³/mol. The zero-order valence-electron chi connectivity index (χ0n) is 36.8. The third-order valence-electron chi connectivity index (χ3n) is 9.26. The Hall–Kier alpha value is -6.94. The number of nitrogen functional groups attached to an aromatic ring is 2. The molecule has 0 radical (unpaired) electrons. The molecule has 2 fully saturated rings. The van der Waals surface area contributed by atoms with E-state index in [2.05, 4.69) is 29.8 Å². The summed E-state index contributed by atoms with van der Waals surface area (Å²) in [4.78, 5) is 45.2. The van der Waals surface area contributed by atoms with Gasteiger partial charge in [-0.2, -0.15) is 0 Å². The Morgan fingerprint density at radius 3 is 1.41 bits per heavy atom. The van der Waals surface area contributed by atoms with Crippen molar-refractivity contribution < 1.29 is 33.3 Å². The van der Waals surface area contributed by atoms with Crippen molar-refractivity contribution >= 4 is 57.4 Å². The first kappa shape index (κ1) is 48.1. The number of hydrogen-bond donors (Lipinski definition) is 3. The number of benzene rings is 4. The highest BCUT2D eigenvalue weighted by Crippen LogP contribution is 2.28. The number of fused-ring (bicyclic) bond motifs is 2. The fourth-order valence-electron chi connectivity index (χ4n) is 6.45. The van der Waals surface area contributed by atoms with Gasteiger partial charge in [-0.15, -0.1) is 0 Å². The first-order valence-electron chi connectivity index (χ1n) is 21.0. The number of nitrogens with zero attached hydrogens (tertiary/aromatic N) is 6. The molecule has 16 nitrogen and oxygen atoms in total. The zero-order chi connectivity index (χ0) is 45.0. The highest BCUT2D eigenvalue weighted by molar-refractivity contribution is 5.79. The van der Waals surface area contributed by atoms with Crippen molar-refractivity contribution in [3.05, 3.63) is 97.3 Å². The number of nitrogens with one attached hydrogen (secondary N) is 1. The average Bonchev–Trinajstić information content (AvgIpc) is 3.23. The Bertz CT molecular complexity index is 2310. The van der Waals surface area contributed by atoms with Gasteiger partial charge in [0.25, 0.3) is 0 Å². The van der Waals surface area contributed by atoms with Crippen LogP contribution in [0.2, 0.25) is 0 Å². The third-order valence-corrected chi connectivity index (χ3v) is 9.26. The van der Waals surface area contributed by atoms with Gasteiger partial charge in [-0.05, 0) is 109 Å². The van der Waals surface area contributed by atoms with Crippen LogP contribution in [0, 0.1) is 0 Å². The van der Waals surface area contributed by atoms with Gasteiger partial charge in [-0.25, -0.2) is 19.6 Å². The molecule has 4 aromatic carbocycles. The molecule has 0 unspecified atom stereocenters. The molecule has 16 heteroatoms. The van der Waals surface area contributed by atoms with Crippen molar-refractivity contribution in [3.63, 3.8) is 0 Å².